The third-order valence-corrected chi connectivity index (χ3v) is 5.63. The maximum Gasteiger partial charge on any atom is 0.119 e. The number of hydrogen-bond donors (Lipinski definition) is 1. The summed E-state index contributed by atoms with van der Waals surface area (Å²) < 4.78 is 16.8. The zero-order valence-corrected chi connectivity index (χ0v) is 16.1. The minimum Gasteiger partial charge on any atom is -0.497 e. The number of nitrogens with one attached hydrogen (secondary N) is 1. The lowest BCUT2D eigenvalue weighted by molar-refractivity contribution is 0.0120. The maximum absolute atomic E-state index is 6.29. The SMILES string of the molecule is COc1ccc(CN2CCC3(CC(Nc4ccc(OC)cc4)CO3)C2)cc1. The molecule has 2 atom stereocenters. The van der Waals surface area contributed by atoms with Crippen LogP contribution in [0.3, 0.4) is 0 Å². The minimum atomic E-state index is -0.00337. The highest BCUT2D eigenvalue weighted by molar-refractivity contribution is 5.47. The Morgan fingerprint density at radius 3 is 2.37 bits per heavy atom. The summed E-state index contributed by atoms with van der Waals surface area (Å²) >= 11 is 0. The van der Waals surface area contributed by atoms with Crippen molar-refractivity contribution in [3.8, 4) is 11.5 Å². The van der Waals surface area contributed by atoms with Crippen molar-refractivity contribution in [3.05, 3.63) is 54.1 Å². The first-order valence-electron chi connectivity index (χ1n) is 9.58. The standard InChI is InChI=1S/C22H28N2O3/c1-25-20-7-3-17(4-8-20)14-24-12-11-22(16-24)13-19(15-27-22)23-18-5-9-21(26-2)10-6-18/h3-10,19,23H,11-16H2,1-2H3. The van der Waals surface area contributed by atoms with Gasteiger partial charge in [0.1, 0.15) is 11.5 Å². The molecule has 0 radical (unpaired) electrons. The highest BCUT2D eigenvalue weighted by atomic mass is 16.5. The van der Waals surface area contributed by atoms with Crippen molar-refractivity contribution in [1.82, 2.24) is 4.90 Å². The molecule has 4 rings (SSSR count). The summed E-state index contributed by atoms with van der Waals surface area (Å²) in [5.74, 6) is 1.79. The summed E-state index contributed by atoms with van der Waals surface area (Å²) in [7, 11) is 3.39. The second-order valence-electron chi connectivity index (χ2n) is 7.58. The highest BCUT2D eigenvalue weighted by Gasteiger charge is 2.45. The normalized spacial score (nSPS) is 25.0. The molecule has 2 saturated heterocycles. The molecule has 144 valence electrons. The lowest BCUT2D eigenvalue weighted by Crippen LogP contribution is -2.33. The molecule has 0 saturated carbocycles. The first-order valence-corrected chi connectivity index (χ1v) is 9.58. The van der Waals surface area contributed by atoms with Crippen LogP contribution in [0.2, 0.25) is 0 Å². The molecule has 5 heteroatoms. The van der Waals surface area contributed by atoms with Crippen LogP contribution >= 0.6 is 0 Å². The molecule has 0 aromatic heterocycles. The van der Waals surface area contributed by atoms with Crippen molar-refractivity contribution in [3.63, 3.8) is 0 Å². The fraction of sp³-hybridized carbons (Fsp3) is 0.455. The van der Waals surface area contributed by atoms with E-state index in [-0.39, 0.29) is 5.60 Å². The first-order chi connectivity index (χ1) is 13.2. The van der Waals surface area contributed by atoms with Crippen LogP contribution in [-0.2, 0) is 11.3 Å². The van der Waals surface area contributed by atoms with Crippen molar-refractivity contribution >= 4 is 5.69 Å². The zero-order valence-electron chi connectivity index (χ0n) is 16.1. The molecular formula is C22H28N2O3. The fourth-order valence-corrected chi connectivity index (χ4v) is 4.20. The summed E-state index contributed by atoms with van der Waals surface area (Å²) in [4.78, 5) is 2.50. The van der Waals surface area contributed by atoms with Crippen LogP contribution in [0.1, 0.15) is 18.4 Å². The summed E-state index contributed by atoms with van der Waals surface area (Å²) in [5.41, 5.74) is 2.43. The van der Waals surface area contributed by atoms with Gasteiger partial charge in [0.05, 0.1) is 32.5 Å². The number of methoxy groups -OCH3 is 2. The lowest BCUT2D eigenvalue weighted by atomic mass is 9.97. The van der Waals surface area contributed by atoms with E-state index < -0.39 is 0 Å². The van der Waals surface area contributed by atoms with Crippen LogP contribution in [0.15, 0.2) is 48.5 Å². The molecule has 2 aliphatic heterocycles. The number of anilines is 1. The number of nitrogens with zero attached hydrogens (tertiary/aromatic N) is 1. The summed E-state index contributed by atoms with van der Waals surface area (Å²) in [5, 5.41) is 3.61. The van der Waals surface area contributed by atoms with E-state index in [0.717, 1.165) is 56.3 Å². The minimum absolute atomic E-state index is 0.00337. The molecular weight excluding hydrogens is 340 g/mol. The van der Waals surface area contributed by atoms with Crippen molar-refractivity contribution in [1.29, 1.82) is 0 Å². The highest BCUT2D eigenvalue weighted by Crippen LogP contribution is 2.36. The second kappa shape index (κ2) is 7.79. The molecule has 1 spiro atoms. The Hall–Kier alpha value is -2.24. The van der Waals surface area contributed by atoms with Crippen LogP contribution in [0.5, 0.6) is 11.5 Å². The fourth-order valence-electron chi connectivity index (χ4n) is 4.20. The smallest absolute Gasteiger partial charge is 0.119 e. The van der Waals surface area contributed by atoms with Crippen molar-refractivity contribution < 1.29 is 14.2 Å². The van der Waals surface area contributed by atoms with E-state index in [1.165, 1.54) is 5.56 Å². The van der Waals surface area contributed by atoms with Gasteiger partial charge in [-0.1, -0.05) is 12.1 Å². The predicted octanol–water partition coefficient (Wildman–Crippen LogP) is 3.55. The number of rotatable bonds is 6. The van der Waals surface area contributed by atoms with Gasteiger partial charge in [-0.3, -0.25) is 4.90 Å². The van der Waals surface area contributed by atoms with Gasteiger partial charge in [0.25, 0.3) is 0 Å². The van der Waals surface area contributed by atoms with E-state index >= 15 is 0 Å². The summed E-state index contributed by atoms with van der Waals surface area (Å²) in [6.45, 7) is 3.81. The van der Waals surface area contributed by atoms with Gasteiger partial charge in [-0.05, 0) is 48.4 Å². The van der Waals surface area contributed by atoms with Crippen LogP contribution in [0.25, 0.3) is 0 Å². The van der Waals surface area contributed by atoms with E-state index in [1.54, 1.807) is 14.2 Å². The molecule has 27 heavy (non-hydrogen) atoms. The van der Waals surface area contributed by atoms with Crippen LogP contribution in [0.4, 0.5) is 5.69 Å². The van der Waals surface area contributed by atoms with Gasteiger partial charge >= 0.3 is 0 Å². The zero-order chi connectivity index (χ0) is 18.7. The Labute approximate surface area is 161 Å². The summed E-state index contributed by atoms with van der Waals surface area (Å²) in [6.07, 6.45) is 2.15. The topological polar surface area (TPSA) is 43.0 Å². The van der Waals surface area contributed by atoms with Crippen molar-refractivity contribution in [2.24, 2.45) is 0 Å². The van der Waals surface area contributed by atoms with Crippen molar-refractivity contribution in [2.45, 2.75) is 31.0 Å². The lowest BCUT2D eigenvalue weighted by Gasteiger charge is -2.23. The Morgan fingerprint density at radius 2 is 1.70 bits per heavy atom. The number of likely N-dealkylation sites (tertiary alicyclic amines) is 1. The van der Waals surface area contributed by atoms with Crippen LogP contribution < -0.4 is 14.8 Å². The van der Waals surface area contributed by atoms with Crippen LogP contribution in [0, 0.1) is 0 Å². The Bertz CT molecular complexity index is 680. The monoisotopic (exact) mass is 368 g/mol. The number of hydrogen-bond acceptors (Lipinski definition) is 5. The Kier molecular flexibility index (Phi) is 5.23. The molecule has 2 aromatic rings. The van der Waals surface area contributed by atoms with Gasteiger partial charge < -0.3 is 19.5 Å². The largest absolute Gasteiger partial charge is 0.497 e. The quantitative estimate of drug-likeness (QED) is 0.845. The van der Waals surface area contributed by atoms with E-state index in [2.05, 4.69) is 34.5 Å². The van der Waals surface area contributed by atoms with Gasteiger partial charge in [0, 0.05) is 31.7 Å². The molecule has 2 aliphatic rings. The number of ether oxygens (including phenoxy) is 3. The molecule has 2 fully saturated rings. The van der Waals surface area contributed by atoms with Crippen LogP contribution in [-0.4, -0.2) is 50.5 Å². The third kappa shape index (κ3) is 4.20. The number of benzene rings is 2. The Balaban J connectivity index is 1.31. The third-order valence-electron chi connectivity index (χ3n) is 5.63. The molecule has 2 aromatic carbocycles. The average Bonchev–Trinajstić information content (AvgIpc) is 3.29. The van der Waals surface area contributed by atoms with Gasteiger partial charge in [-0.15, -0.1) is 0 Å². The summed E-state index contributed by atoms with van der Waals surface area (Å²) in [6, 6.07) is 16.8. The van der Waals surface area contributed by atoms with Gasteiger partial charge in [-0.25, -0.2) is 0 Å². The molecule has 1 N–H and O–H groups in total. The molecule has 0 amide bonds. The predicted molar refractivity (Wildman–Crippen MR) is 107 cm³/mol. The first kappa shape index (κ1) is 18.1. The Morgan fingerprint density at radius 1 is 1.04 bits per heavy atom. The molecule has 0 bridgehead atoms. The van der Waals surface area contributed by atoms with Gasteiger partial charge in [0.15, 0.2) is 0 Å². The molecule has 2 unspecified atom stereocenters. The molecule has 5 nitrogen and oxygen atoms in total. The molecule has 2 heterocycles. The van der Waals surface area contributed by atoms with E-state index in [0.29, 0.717) is 6.04 Å². The van der Waals surface area contributed by atoms with E-state index in [9.17, 15) is 0 Å². The van der Waals surface area contributed by atoms with Gasteiger partial charge in [0.2, 0.25) is 0 Å². The van der Waals surface area contributed by atoms with Gasteiger partial charge in [-0.2, -0.15) is 0 Å². The molecule has 0 aliphatic carbocycles. The second-order valence-corrected chi connectivity index (χ2v) is 7.58. The van der Waals surface area contributed by atoms with E-state index in [1.807, 2.05) is 24.3 Å². The van der Waals surface area contributed by atoms with E-state index in [4.69, 9.17) is 14.2 Å². The average molecular weight is 368 g/mol. The maximum atomic E-state index is 6.29. The van der Waals surface area contributed by atoms with Crippen molar-refractivity contribution in [2.75, 3.05) is 39.2 Å².